The molecule has 0 bridgehead atoms. The van der Waals surface area contributed by atoms with Gasteiger partial charge in [0.1, 0.15) is 0 Å². The van der Waals surface area contributed by atoms with Crippen LogP contribution in [0.25, 0.3) is 0 Å². The van der Waals surface area contributed by atoms with Gasteiger partial charge in [-0.15, -0.1) is 9.89 Å². The molecule has 2 N–H and O–H groups in total. The van der Waals surface area contributed by atoms with E-state index in [0.717, 1.165) is 0 Å². The van der Waals surface area contributed by atoms with Crippen LogP contribution >= 0.6 is 0 Å². The Morgan fingerprint density at radius 1 is 1.58 bits per heavy atom. The van der Waals surface area contributed by atoms with Crippen molar-refractivity contribution in [1.29, 1.82) is 0 Å². The fraction of sp³-hybridized carbons (Fsp3) is 0.429. The summed E-state index contributed by atoms with van der Waals surface area (Å²) in [7, 11) is 5.71. The standard InChI is InChI=1S/C7H12N4O/c1-11(2,3)10-6(7(8)12)4-5-9-10/h4-5H,1-3H3,(H-,8,12)/p+1. The number of amides is 1. The average Bonchev–Trinajstić information content (AvgIpc) is 2.30. The number of hydrogen-bond donors (Lipinski definition) is 1. The van der Waals surface area contributed by atoms with Crippen molar-refractivity contribution in [2.75, 3.05) is 21.1 Å². The zero-order chi connectivity index (χ0) is 9.35. The summed E-state index contributed by atoms with van der Waals surface area (Å²) in [6.07, 6.45) is 1.56. The molecule has 1 rings (SSSR count). The molecule has 0 aliphatic carbocycles. The van der Waals surface area contributed by atoms with Crippen LogP contribution in [0.1, 0.15) is 10.5 Å². The zero-order valence-electron chi connectivity index (χ0n) is 7.48. The van der Waals surface area contributed by atoms with Crippen molar-refractivity contribution in [3.05, 3.63) is 18.0 Å². The smallest absolute Gasteiger partial charge is 0.272 e. The maximum atomic E-state index is 10.9. The molecular weight excluding hydrogens is 156 g/mol. The number of rotatable bonds is 2. The van der Waals surface area contributed by atoms with Crippen LogP contribution in [0.3, 0.4) is 0 Å². The van der Waals surface area contributed by atoms with Crippen LogP contribution < -0.4 is 10.3 Å². The molecule has 0 aliphatic heterocycles. The third-order valence-corrected chi connectivity index (χ3v) is 1.44. The van der Waals surface area contributed by atoms with E-state index < -0.39 is 5.91 Å². The second-order valence-electron chi connectivity index (χ2n) is 3.41. The Bertz CT molecular complexity index is 297. The molecule has 1 amide bonds. The Morgan fingerprint density at radius 2 is 2.17 bits per heavy atom. The van der Waals surface area contributed by atoms with E-state index in [1.807, 2.05) is 21.1 Å². The van der Waals surface area contributed by atoms with Crippen molar-refractivity contribution in [2.24, 2.45) is 5.73 Å². The molecule has 0 aliphatic rings. The largest absolute Gasteiger partial charge is 0.364 e. The maximum Gasteiger partial charge on any atom is 0.272 e. The van der Waals surface area contributed by atoms with Crippen LogP contribution in [-0.2, 0) is 0 Å². The van der Waals surface area contributed by atoms with Gasteiger partial charge < -0.3 is 5.73 Å². The average molecular weight is 169 g/mol. The SMILES string of the molecule is C[N+](C)(C)n1nccc1C(N)=O. The van der Waals surface area contributed by atoms with E-state index >= 15 is 0 Å². The number of nitrogens with zero attached hydrogens (tertiary/aromatic N) is 3. The highest BCUT2D eigenvalue weighted by Crippen LogP contribution is 2.00. The number of aromatic nitrogens is 2. The normalized spacial score (nSPS) is 11.6. The molecule has 0 fully saturated rings. The van der Waals surface area contributed by atoms with Gasteiger partial charge in [-0.25, -0.2) is 4.59 Å². The van der Waals surface area contributed by atoms with E-state index in [1.54, 1.807) is 17.1 Å². The molecule has 0 radical (unpaired) electrons. The molecule has 0 atom stereocenters. The summed E-state index contributed by atoms with van der Waals surface area (Å²) in [5, 5.41) is 4.00. The lowest BCUT2D eigenvalue weighted by Gasteiger charge is -2.23. The lowest BCUT2D eigenvalue weighted by molar-refractivity contribution is 0.0967. The minimum atomic E-state index is -0.458. The van der Waals surface area contributed by atoms with Gasteiger partial charge in [-0.2, -0.15) is 0 Å². The molecule has 0 unspecified atom stereocenters. The minimum Gasteiger partial charge on any atom is -0.364 e. The topological polar surface area (TPSA) is 60.9 Å². The summed E-state index contributed by atoms with van der Waals surface area (Å²) in [4.78, 5) is 12.4. The zero-order valence-corrected chi connectivity index (χ0v) is 7.48. The van der Waals surface area contributed by atoms with Crippen molar-refractivity contribution < 1.29 is 4.79 Å². The Balaban J connectivity index is 3.17. The monoisotopic (exact) mass is 169 g/mol. The van der Waals surface area contributed by atoms with Gasteiger partial charge in [-0.05, 0) is 6.07 Å². The number of nitrogens with two attached hydrogens (primary N) is 1. The van der Waals surface area contributed by atoms with Crippen LogP contribution in [0.2, 0.25) is 0 Å². The Kier molecular flexibility index (Phi) is 1.89. The molecule has 1 aromatic rings. The minimum absolute atomic E-state index is 0.419. The highest BCUT2D eigenvalue weighted by atomic mass is 16.1. The first-order valence-corrected chi connectivity index (χ1v) is 3.59. The van der Waals surface area contributed by atoms with E-state index in [1.165, 1.54) is 0 Å². The van der Waals surface area contributed by atoms with Gasteiger partial charge >= 0.3 is 0 Å². The van der Waals surface area contributed by atoms with E-state index in [4.69, 9.17) is 5.73 Å². The lowest BCUT2D eigenvalue weighted by atomic mass is 10.4. The Morgan fingerprint density at radius 3 is 2.50 bits per heavy atom. The summed E-state index contributed by atoms with van der Waals surface area (Å²) < 4.78 is 0.422. The van der Waals surface area contributed by atoms with E-state index in [0.29, 0.717) is 10.3 Å². The number of carbonyl (C=O) groups is 1. The van der Waals surface area contributed by atoms with Crippen LogP contribution in [-0.4, -0.2) is 36.9 Å². The molecule has 1 heterocycles. The highest BCUT2D eigenvalue weighted by molar-refractivity contribution is 5.90. The Hall–Kier alpha value is -1.36. The second-order valence-corrected chi connectivity index (χ2v) is 3.41. The third-order valence-electron chi connectivity index (χ3n) is 1.44. The number of carbonyl (C=O) groups excluding carboxylic acids is 1. The van der Waals surface area contributed by atoms with E-state index in [-0.39, 0.29) is 0 Å². The summed E-state index contributed by atoms with van der Waals surface area (Å²) in [5.41, 5.74) is 5.56. The molecular formula is C7H13N4O+. The number of primary amides is 1. The molecule has 0 spiro atoms. The van der Waals surface area contributed by atoms with Gasteiger partial charge in [0, 0.05) is 0 Å². The third kappa shape index (κ3) is 1.45. The van der Waals surface area contributed by atoms with E-state index in [2.05, 4.69) is 5.10 Å². The summed E-state index contributed by atoms with van der Waals surface area (Å²) in [6, 6.07) is 1.60. The van der Waals surface area contributed by atoms with Crippen molar-refractivity contribution in [3.63, 3.8) is 0 Å². The summed E-state index contributed by atoms with van der Waals surface area (Å²) in [6.45, 7) is 0. The van der Waals surface area contributed by atoms with Gasteiger partial charge in [-0.1, -0.05) is 0 Å². The van der Waals surface area contributed by atoms with E-state index in [9.17, 15) is 4.79 Å². The van der Waals surface area contributed by atoms with Crippen molar-refractivity contribution in [1.82, 2.24) is 14.5 Å². The fourth-order valence-corrected chi connectivity index (χ4v) is 0.955. The predicted molar refractivity (Wildman–Crippen MR) is 46.0 cm³/mol. The van der Waals surface area contributed by atoms with Gasteiger partial charge in [0.25, 0.3) is 5.91 Å². The molecule has 1 aromatic heterocycles. The van der Waals surface area contributed by atoms with Crippen molar-refractivity contribution >= 4 is 5.91 Å². The van der Waals surface area contributed by atoms with Gasteiger partial charge in [0.2, 0.25) is 0 Å². The van der Waals surface area contributed by atoms with Gasteiger partial charge in [0.15, 0.2) is 5.69 Å². The molecule has 5 nitrogen and oxygen atoms in total. The van der Waals surface area contributed by atoms with Crippen LogP contribution in [0.5, 0.6) is 0 Å². The molecule has 0 saturated heterocycles. The number of quaternary nitrogens is 1. The number of hydrogen-bond acceptors (Lipinski definition) is 2. The first-order valence-electron chi connectivity index (χ1n) is 3.59. The molecule has 0 aromatic carbocycles. The first-order chi connectivity index (χ1) is 5.43. The highest BCUT2D eigenvalue weighted by Gasteiger charge is 2.19. The predicted octanol–water partition coefficient (Wildman–Crippen LogP) is -0.690. The molecule has 12 heavy (non-hydrogen) atoms. The first kappa shape index (κ1) is 8.73. The maximum absolute atomic E-state index is 10.9. The van der Waals surface area contributed by atoms with Crippen LogP contribution in [0, 0.1) is 0 Å². The molecule has 0 saturated carbocycles. The van der Waals surface area contributed by atoms with Gasteiger partial charge in [0.05, 0.1) is 27.3 Å². The Labute approximate surface area is 70.9 Å². The molecule has 66 valence electrons. The van der Waals surface area contributed by atoms with Crippen LogP contribution in [0.4, 0.5) is 0 Å². The van der Waals surface area contributed by atoms with Crippen molar-refractivity contribution in [2.45, 2.75) is 0 Å². The second kappa shape index (κ2) is 2.60. The summed E-state index contributed by atoms with van der Waals surface area (Å²) >= 11 is 0. The van der Waals surface area contributed by atoms with Crippen LogP contribution in [0.15, 0.2) is 12.3 Å². The molecule has 5 heteroatoms. The fourth-order valence-electron chi connectivity index (χ4n) is 0.955. The quantitative estimate of drug-likeness (QED) is 0.596. The van der Waals surface area contributed by atoms with Crippen molar-refractivity contribution in [3.8, 4) is 0 Å². The summed E-state index contributed by atoms with van der Waals surface area (Å²) in [5.74, 6) is -0.458. The van der Waals surface area contributed by atoms with Gasteiger partial charge in [-0.3, -0.25) is 4.79 Å². The lowest BCUT2D eigenvalue weighted by Crippen LogP contribution is -2.49.